The highest BCUT2D eigenvalue weighted by molar-refractivity contribution is 8.18. The highest BCUT2D eigenvalue weighted by atomic mass is 32.2. The van der Waals surface area contributed by atoms with Crippen LogP contribution in [-0.4, -0.2) is 21.2 Å². The number of amides is 2. The van der Waals surface area contributed by atoms with Crippen LogP contribution in [0.4, 0.5) is 16.2 Å². The fourth-order valence-corrected chi connectivity index (χ4v) is 3.70. The van der Waals surface area contributed by atoms with Gasteiger partial charge in [-0.15, -0.1) is 0 Å². The second-order valence-corrected chi connectivity index (χ2v) is 7.53. The first-order valence-corrected chi connectivity index (χ1v) is 10.0. The van der Waals surface area contributed by atoms with Gasteiger partial charge in [-0.1, -0.05) is 48.5 Å². The van der Waals surface area contributed by atoms with Gasteiger partial charge in [0.1, 0.15) is 5.75 Å². The molecular weight excluding hydrogens is 398 g/mol. The Labute approximate surface area is 177 Å². The molecule has 148 valence electrons. The Morgan fingerprint density at radius 2 is 1.53 bits per heavy atom. The topological polar surface area (TPSA) is 82.3 Å². The number of rotatable bonds is 5. The van der Waals surface area contributed by atoms with Crippen molar-refractivity contribution >= 4 is 40.4 Å². The van der Waals surface area contributed by atoms with Gasteiger partial charge in [-0.3, -0.25) is 14.5 Å². The van der Waals surface area contributed by atoms with Crippen LogP contribution in [0.1, 0.15) is 11.1 Å². The highest BCUT2D eigenvalue weighted by Gasteiger charge is 2.35. The van der Waals surface area contributed by atoms with E-state index < -0.39 is 0 Å². The first kappa shape index (κ1) is 19.6. The standard InChI is InChI=1S/C23H17N3O3S/c27-20-12-11-19(25-24-18-9-5-2-6-10-18)13-17(20)14-21-22(28)26(23(29)30-21)15-16-7-3-1-4-8-16/h1-14,27H,15H2/b21-14-,25-24?. The lowest BCUT2D eigenvalue weighted by molar-refractivity contribution is -0.123. The van der Waals surface area contributed by atoms with Gasteiger partial charge in [-0.05, 0) is 53.7 Å². The van der Waals surface area contributed by atoms with Crippen molar-refractivity contribution < 1.29 is 14.7 Å². The smallest absolute Gasteiger partial charge is 0.293 e. The van der Waals surface area contributed by atoms with Gasteiger partial charge in [0.05, 0.1) is 22.8 Å². The number of imide groups is 1. The lowest BCUT2D eigenvalue weighted by atomic mass is 10.1. The molecular formula is C23H17N3O3S. The quantitative estimate of drug-likeness (QED) is 0.406. The Morgan fingerprint density at radius 3 is 2.27 bits per heavy atom. The van der Waals surface area contributed by atoms with Crippen molar-refractivity contribution in [2.24, 2.45) is 10.2 Å². The second kappa shape index (κ2) is 8.75. The average molecular weight is 415 g/mol. The van der Waals surface area contributed by atoms with E-state index in [9.17, 15) is 14.7 Å². The molecule has 4 rings (SSSR count). The third-order valence-electron chi connectivity index (χ3n) is 4.39. The highest BCUT2D eigenvalue weighted by Crippen LogP contribution is 2.35. The number of hydrogen-bond donors (Lipinski definition) is 1. The first-order valence-electron chi connectivity index (χ1n) is 9.19. The number of hydrogen-bond acceptors (Lipinski definition) is 6. The Balaban J connectivity index is 1.56. The van der Waals surface area contributed by atoms with Gasteiger partial charge < -0.3 is 5.11 Å². The molecule has 7 heteroatoms. The van der Waals surface area contributed by atoms with Crippen molar-refractivity contribution in [3.8, 4) is 5.75 Å². The third-order valence-corrected chi connectivity index (χ3v) is 5.30. The number of nitrogens with zero attached hydrogens (tertiary/aromatic N) is 3. The Kier molecular flexibility index (Phi) is 5.72. The molecule has 2 amide bonds. The summed E-state index contributed by atoms with van der Waals surface area (Å²) in [6, 6.07) is 23.3. The summed E-state index contributed by atoms with van der Waals surface area (Å²) in [5.74, 6) is -0.395. The minimum Gasteiger partial charge on any atom is -0.507 e. The van der Waals surface area contributed by atoms with Crippen LogP contribution >= 0.6 is 11.8 Å². The van der Waals surface area contributed by atoms with Gasteiger partial charge in [0.2, 0.25) is 0 Å². The van der Waals surface area contributed by atoms with E-state index in [1.54, 1.807) is 12.1 Å². The summed E-state index contributed by atoms with van der Waals surface area (Å²) < 4.78 is 0. The zero-order valence-electron chi connectivity index (χ0n) is 15.8. The van der Waals surface area contributed by atoms with Crippen LogP contribution in [0, 0.1) is 0 Å². The molecule has 0 aromatic heterocycles. The normalized spacial score (nSPS) is 15.5. The number of phenols is 1. The minimum absolute atomic E-state index is 0.0106. The van der Waals surface area contributed by atoms with Crippen LogP contribution in [0.2, 0.25) is 0 Å². The van der Waals surface area contributed by atoms with Gasteiger partial charge >= 0.3 is 0 Å². The lowest BCUT2D eigenvalue weighted by Crippen LogP contribution is -2.27. The van der Waals surface area contributed by atoms with Gasteiger partial charge in [0, 0.05) is 5.56 Å². The largest absolute Gasteiger partial charge is 0.507 e. The predicted octanol–water partition coefficient (Wildman–Crippen LogP) is 6.04. The molecule has 1 aliphatic rings. The number of carbonyl (C=O) groups is 2. The molecule has 0 bridgehead atoms. The van der Waals surface area contributed by atoms with Crippen molar-refractivity contribution in [1.82, 2.24) is 4.90 Å². The van der Waals surface area contributed by atoms with E-state index in [1.807, 2.05) is 60.7 Å². The van der Waals surface area contributed by atoms with Crippen LogP contribution in [0.25, 0.3) is 6.08 Å². The lowest BCUT2D eigenvalue weighted by Gasteiger charge is -2.12. The molecule has 3 aromatic carbocycles. The molecule has 1 fully saturated rings. The van der Waals surface area contributed by atoms with Crippen molar-refractivity contribution in [1.29, 1.82) is 0 Å². The molecule has 0 saturated carbocycles. The zero-order valence-corrected chi connectivity index (χ0v) is 16.6. The molecule has 0 unspecified atom stereocenters. The Morgan fingerprint density at radius 1 is 0.867 bits per heavy atom. The number of benzene rings is 3. The first-order chi connectivity index (χ1) is 14.6. The summed E-state index contributed by atoms with van der Waals surface area (Å²) in [4.78, 5) is 26.5. The molecule has 3 aromatic rings. The van der Waals surface area contributed by atoms with Gasteiger partial charge in [-0.25, -0.2) is 0 Å². The van der Waals surface area contributed by atoms with Gasteiger partial charge in [-0.2, -0.15) is 10.2 Å². The van der Waals surface area contributed by atoms with Crippen LogP contribution < -0.4 is 0 Å². The molecule has 30 heavy (non-hydrogen) atoms. The van der Waals surface area contributed by atoms with E-state index in [0.29, 0.717) is 16.9 Å². The van der Waals surface area contributed by atoms with E-state index in [2.05, 4.69) is 10.2 Å². The maximum Gasteiger partial charge on any atom is 0.293 e. The molecule has 1 aliphatic heterocycles. The Bertz CT molecular complexity index is 1140. The van der Waals surface area contributed by atoms with Crippen molar-refractivity contribution in [3.05, 3.63) is 94.9 Å². The minimum atomic E-state index is -0.385. The van der Waals surface area contributed by atoms with E-state index in [0.717, 1.165) is 17.3 Å². The second-order valence-electron chi connectivity index (χ2n) is 6.53. The van der Waals surface area contributed by atoms with E-state index in [4.69, 9.17) is 0 Å². The summed E-state index contributed by atoms with van der Waals surface area (Å²) in [5, 5.41) is 18.2. The van der Waals surface area contributed by atoms with Crippen molar-refractivity contribution in [2.75, 3.05) is 0 Å². The number of azo groups is 1. The molecule has 0 aliphatic carbocycles. The number of carbonyl (C=O) groups excluding carboxylic acids is 2. The van der Waals surface area contributed by atoms with Crippen LogP contribution in [0.15, 0.2) is 94.0 Å². The monoisotopic (exact) mass is 415 g/mol. The van der Waals surface area contributed by atoms with Crippen LogP contribution in [-0.2, 0) is 11.3 Å². The fourth-order valence-electron chi connectivity index (χ4n) is 2.87. The number of aromatic hydroxyl groups is 1. The molecule has 1 heterocycles. The van der Waals surface area contributed by atoms with Crippen molar-refractivity contribution in [2.45, 2.75) is 6.54 Å². The van der Waals surface area contributed by atoms with E-state index >= 15 is 0 Å². The predicted molar refractivity (Wildman–Crippen MR) is 117 cm³/mol. The van der Waals surface area contributed by atoms with Crippen LogP contribution in [0.5, 0.6) is 5.75 Å². The summed E-state index contributed by atoms with van der Waals surface area (Å²) in [5.41, 5.74) is 2.48. The van der Waals surface area contributed by atoms with Gasteiger partial charge in [0.15, 0.2) is 0 Å². The molecule has 0 atom stereocenters. The van der Waals surface area contributed by atoms with E-state index in [1.165, 1.54) is 17.0 Å². The third kappa shape index (κ3) is 4.47. The number of thioether (sulfide) groups is 1. The van der Waals surface area contributed by atoms with Crippen molar-refractivity contribution in [3.63, 3.8) is 0 Å². The summed E-state index contributed by atoms with van der Waals surface area (Å²) in [7, 11) is 0. The maximum absolute atomic E-state index is 12.7. The Hall–Kier alpha value is -3.71. The van der Waals surface area contributed by atoms with E-state index in [-0.39, 0.29) is 28.3 Å². The molecule has 6 nitrogen and oxygen atoms in total. The zero-order chi connectivity index (χ0) is 20.9. The molecule has 1 saturated heterocycles. The summed E-state index contributed by atoms with van der Waals surface area (Å²) >= 11 is 0.854. The number of phenolic OH excluding ortho intramolecular Hbond substituents is 1. The maximum atomic E-state index is 12.7. The molecule has 0 spiro atoms. The molecule has 0 radical (unpaired) electrons. The average Bonchev–Trinajstić information content (AvgIpc) is 3.03. The summed E-state index contributed by atoms with van der Waals surface area (Å²) in [6.07, 6.45) is 1.51. The van der Waals surface area contributed by atoms with Crippen LogP contribution in [0.3, 0.4) is 0 Å². The molecule has 1 N–H and O–H groups in total. The summed E-state index contributed by atoms with van der Waals surface area (Å²) in [6.45, 7) is 0.208. The van der Waals surface area contributed by atoms with Gasteiger partial charge in [0.25, 0.3) is 11.1 Å². The SMILES string of the molecule is O=C1S/C(=C\c2cc(N=Nc3ccccc3)ccc2O)C(=O)N1Cc1ccccc1. The fraction of sp³-hybridized carbons (Fsp3) is 0.0435.